The molecule has 0 unspecified atom stereocenters. The predicted molar refractivity (Wildman–Crippen MR) is 54.6 cm³/mol. The number of nitrogens with one attached hydrogen (secondary N) is 1. The van der Waals surface area contributed by atoms with Crippen molar-refractivity contribution < 1.29 is 8.42 Å². The van der Waals surface area contributed by atoms with Gasteiger partial charge in [0.25, 0.3) is 0 Å². The molecule has 0 bridgehead atoms. The van der Waals surface area contributed by atoms with Crippen molar-refractivity contribution in [3.63, 3.8) is 0 Å². The smallest absolute Gasteiger partial charge is 0.203 e. The zero-order valence-electron chi connectivity index (χ0n) is 7.71. The molecule has 0 aliphatic rings. The van der Waals surface area contributed by atoms with Crippen molar-refractivity contribution in [3.05, 3.63) is 0 Å². The number of primary sulfonamides is 1. The van der Waals surface area contributed by atoms with Gasteiger partial charge in [0.1, 0.15) is 0 Å². The molecule has 1 rings (SSSR count). The summed E-state index contributed by atoms with van der Waals surface area (Å²) in [4.78, 5) is 0. The maximum Gasteiger partial charge on any atom is 0.203 e. The minimum atomic E-state index is -3.16. The average molecular weight is 247 g/mol. The Balaban J connectivity index is 0.000000249. The van der Waals surface area contributed by atoms with Crippen LogP contribution in [0.2, 0.25) is 3.67 Å². The fourth-order valence-corrected chi connectivity index (χ4v) is 2.14. The number of aromatic nitrogens is 4. The number of rotatable bonds is 3. The number of H-pyrrole nitrogens is 1. The van der Waals surface area contributed by atoms with Crippen LogP contribution in [-0.2, 0) is 10.0 Å². The zero-order chi connectivity index (χ0) is 11.0. The first-order chi connectivity index (χ1) is 6.45. The molecule has 0 spiro atoms. The van der Waals surface area contributed by atoms with Crippen molar-refractivity contribution in [2.75, 3.05) is 5.75 Å². The van der Waals surface area contributed by atoms with Gasteiger partial charge in [-0.05, 0) is 10.4 Å². The second-order valence-electron chi connectivity index (χ2n) is 2.45. The Labute approximate surface area is 105 Å². The van der Waals surface area contributed by atoms with Gasteiger partial charge in [0.05, 0.1) is 0 Å². The summed E-state index contributed by atoms with van der Waals surface area (Å²) in [7, 11) is -3.16. The van der Waals surface area contributed by atoms with Crippen molar-refractivity contribution in [2.24, 2.45) is 5.14 Å². The van der Waals surface area contributed by atoms with Gasteiger partial charge in [-0.15, -0.1) is 17.7 Å². The molecule has 0 aliphatic heterocycles. The summed E-state index contributed by atoms with van der Waals surface area (Å²) < 4.78 is 21.4. The van der Waals surface area contributed by atoms with E-state index in [4.69, 9.17) is 5.14 Å². The molecule has 0 saturated carbocycles. The van der Waals surface area contributed by atoms with Crippen LogP contribution in [0.25, 0.3) is 0 Å². The van der Waals surface area contributed by atoms with Crippen LogP contribution in [0.4, 0.5) is 0 Å². The van der Waals surface area contributed by atoms with Gasteiger partial charge in [0.15, 0.2) is 0 Å². The molecule has 7 nitrogen and oxygen atoms in total. The van der Waals surface area contributed by atoms with E-state index in [9.17, 15) is 8.42 Å². The van der Waals surface area contributed by atoms with Gasteiger partial charge in [-0.1, -0.05) is 0 Å². The predicted octanol–water partition coefficient (Wildman–Crippen LogP) is -1.26. The molecule has 76 valence electrons. The molecule has 0 radical (unpaired) electrons. The number of nitrogens with two attached hydrogens (primary N) is 1. The van der Waals surface area contributed by atoms with Crippen molar-refractivity contribution >= 4 is 50.6 Å². The SMILES string of the molecule is NS(=O)(=O)CC[CH2][Na].Sc1nnn[nH]1. The summed E-state index contributed by atoms with van der Waals surface area (Å²) in [5.41, 5.74) is 0. The Morgan fingerprint density at radius 1 is 1.57 bits per heavy atom. The fraction of sp³-hybridized carbons (Fsp3) is 0.750. The normalized spacial score (nSPS) is 10.6. The van der Waals surface area contributed by atoms with E-state index in [2.05, 4.69) is 33.3 Å². The zero-order valence-corrected chi connectivity index (χ0v) is 11.4. The standard InChI is InChI=1S/C3H8NO2S.CH2N4S.Na/c1-2-3-7(4,5)6;6-1-2-4-5-3-1;/h1-3H2,(H2,4,5,6);(H2,2,3,4,5,6);. The molecule has 0 aromatic carbocycles. The molecular formula is C4H10N5NaO2S2. The molecule has 1 aromatic rings. The van der Waals surface area contributed by atoms with Crippen LogP contribution in [0.3, 0.4) is 0 Å². The third kappa shape index (κ3) is 10.4. The van der Waals surface area contributed by atoms with E-state index in [0.29, 0.717) is 5.16 Å². The van der Waals surface area contributed by atoms with Gasteiger partial charge in [0, 0.05) is 0 Å². The van der Waals surface area contributed by atoms with E-state index in [-0.39, 0.29) is 5.75 Å². The minimum Gasteiger partial charge on any atom is -0.234 e. The number of sulfonamides is 1. The monoisotopic (exact) mass is 247 g/mol. The third-order valence-corrected chi connectivity index (χ3v) is 2.87. The van der Waals surface area contributed by atoms with Crippen molar-refractivity contribution in [2.45, 2.75) is 15.2 Å². The van der Waals surface area contributed by atoms with Gasteiger partial charge in [0.2, 0.25) is 5.16 Å². The van der Waals surface area contributed by atoms with Crippen molar-refractivity contribution in [1.29, 1.82) is 0 Å². The Morgan fingerprint density at radius 3 is 2.36 bits per heavy atom. The molecule has 0 fully saturated rings. The molecule has 0 aliphatic carbocycles. The van der Waals surface area contributed by atoms with Crippen LogP contribution >= 0.6 is 12.6 Å². The first-order valence-electron chi connectivity index (χ1n) is 3.89. The maximum atomic E-state index is 10.2. The number of nitrogens with zero attached hydrogens (tertiary/aromatic N) is 3. The summed E-state index contributed by atoms with van der Waals surface area (Å²) in [5, 5.41) is 17.4. The molecule has 0 amide bonds. The number of thiol groups is 1. The molecule has 1 aromatic heterocycles. The summed E-state index contributed by atoms with van der Waals surface area (Å²) in [6.07, 6.45) is 0.727. The average Bonchev–Trinajstić information content (AvgIpc) is 2.52. The topological polar surface area (TPSA) is 115 Å². The van der Waals surface area contributed by atoms with E-state index in [1.807, 2.05) is 0 Å². The van der Waals surface area contributed by atoms with E-state index >= 15 is 0 Å². The van der Waals surface area contributed by atoms with Crippen LogP contribution in [0, 0.1) is 0 Å². The van der Waals surface area contributed by atoms with Gasteiger partial charge in [-0.2, -0.15) is 0 Å². The van der Waals surface area contributed by atoms with Gasteiger partial charge in [-0.25, -0.2) is 5.10 Å². The fourth-order valence-electron chi connectivity index (χ4n) is 0.500. The van der Waals surface area contributed by atoms with Crippen LogP contribution in [0.15, 0.2) is 5.16 Å². The number of tetrazole rings is 1. The van der Waals surface area contributed by atoms with Gasteiger partial charge < -0.3 is 0 Å². The second-order valence-corrected chi connectivity index (χ2v) is 5.60. The summed E-state index contributed by atoms with van der Waals surface area (Å²) in [6, 6.07) is 0. The Hall–Kier alpha value is 0.330. The van der Waals surface area contributed by atoms with E-state index in [1.165, 1.54) is 0 Å². The van der Waals surface area contributed by atoms with Gasteiger partial charge >= 0.3 is 67.4 Å². The first-order valence-corrected chi connectivity index (χ1v) is 7.46. The molecule has 3 N–H and O–H groups in total. The van der Waals surface area contributed by atoms with E-state index in [1.54, 1.807) is 0 Å². The summed E-state index contributed by atoms with van der Waals surface area (Å²) >= 11 is 4.81. The summed E-state index contributed by atoms with van der Waals surface area (Å²) in [6.45, 7) is 0. The van der Waals surface area contributed by atoms with Gasteiger partial charge in [-0.3, -0.25) is 0 Å². The minimum absolute atomic E-state index is 0.149. The maximum absolute atomic E-state index is 10.2. The van der Waals surface area contributed by atoms with Crippen LogP contribution < -0.4 is 5.14 Å². The Morgan fingerprint density at radius 2 is 2.21 bits per heavy atom. The van der Waals surface area contributed by atoms with Crippen LogP contribution in [0.1, 0.15) is 6.42 Å². The quantitative estimate of drug-likeness (QED) is 0.455. The molecule has 0 saturated heterocycles. The molecule has 14 heavy (non-hydrogen) atoms. The molecule has 1 heterocycles. The van der Waals surface area contributed by atoms with Crippen LogP contribution in [0.5, 0.6) is 0 Å². The number of hydrogen-bond acceptors (Lipinski definition) is 6. The van der Waals surface area contributed by atoms with Crippen molar-refractivity contribution in [3.8, 4) is 0 Å². The number of hydrogen-bond donors (Lipinski definition) is 3. The largest absolute Gasteiger partial charge is 0.234 e. The Bertz CT molecular complexity index is 326. The van der Waals surface area contributed by atoms with Crippen LogP contribution in [-0.4, -0.2) is 62.7 Å². The third-order valence-electron chi connectivity index (χ3n) is 1.12. The molecule has 0 atom stereocenters. The Kier molecular flexibility index (Phi) is 7.78. The van der Waals surface area contributed by atoms with E-state index in [0.717, 1.165) is 38.0 Å². The second kappa shape index (κ2) is 7.60. The van der Waals surface area contributed by atoms with E-state index < -0.39 is 10.0 Å². The first kappa shape index (κ1) is 14.3. The molecular weight excluding hydrogens is 237 g/mol. The summed E-state index contributed by atoms with van der Waals surface area (Å²) in [5.74, 6) is 0.149. The molecule has 10 heteroatoms. The van der Waals surface area contributed by atoms with Crippen molar-refractivity contribution in [1.82, 2.24) is 20.6 Å². The number of aromatic amines is 1.